The Morgan fingerprint density at radius 3 is 3.00 bits per heavy atom. The van der Waals surface area contributed by atoms with E-state index in [0.717, 1.165) is 30.8 Å². The van der Waals surface area contributed by atoms with Crippen molar-refractivity contribution in [1.82, 2.24) is 14.9 Å². The van der Waals surface area contributed by atoms with E-state index in [0.29, 0.717) is 6.61 Å². The molecule has 1 heterocycles. The molecule has 1 unspecified atom stereocenters. The summed E-state index contributed by atoms with van der Waals surface area (Å²) in [6, 6.07) is 4.75. The van der Waals surface area contributed by atoms with Crippen LogP contribution in [0.2, 0.25) is 0 Å². The Kier molecular flexibility index (Phi) is 5.75. The molecular formula is C16H22FN3O. The normalized spacial score (nSPS) is 12.3. The quantitative estimate of drug-likeness (QED) is 0.759. The average molecular weight is 291 g/mol. The largest absolute Gasteiger partial charge is 0.493 e. The monoisotopic (exact) mass is 291 g/mol. The summed E-state index contributed by atoms with van der Waals surface area (Å²) >= 11 is 0. The van der Waals surface area contributed by atoms with Crippen LogP contribution in [0.4, 0.5) is 4.39 Å². The van der Waals surface area contributed by atoms with E-state index < -0.39 is 0 Å². The van der Waals surface area contributed by atoms with Gasteiger partial charge in [-0.15, -0.1) is 0 Å². The second-order valence-corrected chi connectivity index (χ2v) is 4.96. The van der Waals surface area contributed by atoms with Gasteiger partial charge in [-0.2, -0.15) is 0 Å². The number of imidazole rings is 1. The molecule has 1 aromatic heterocycles. The predicted octanol–water partition coefficient (Wildman–Crippen LogP) is 3.16. The van der Waals surface area contributed by atoms with Crippen LogP contribution in [0.3, 0.4) is 0 Å². The third-order valence-electron chi connectivity index (χ3n) is 3.33. The molecule has 0 fully saturated rings. The first-order valence-electron chi connectivity index (χ1n) is 7.32. The Labute approximate surface area is 125 Å². The van der Waals surface area contributed by atoms with E-state index in [1.807, 2.05) is 24.6 Å². The van der Waals surface area contributed by atoms with Crippen LogP contribution in [-0.2, 0) is 6.54 Å². The molecule has 2 aromatic rings. The summed E-state index contributed by atoms with van der Waals surface area (Å²) in [5, 5.41) is 3.28. The molecular weight excluding hydrogens is 269 g/mol. The highest BCUT2D eigenvalue weighted by Crippen LogP contribution is 2.26. The van der Waals surface area contributed by atoms with Gasteiger partial charge in [-0.1, -0.05) is 6.92 Å². The predicted molar refractivity (Wildman–Crippen MR) is 80.8 cm³/mol. The van der Waals surface area contributed by atoms with Crippen molar-refractivity contribution >= 4 is 0 Å². The molecule has 1 N–H and O–H groups in total. The Hall–Kier alpha value is -1.88. The van der Waals surface area contributed by atoms with E-state index in [1.54, 1.807) is 24.7 Å². The van der Waals surface area contributed by atoms with E-state index in [4.69, 9.17) is 4.74 Å². The maximum atomic E-state index is 13.4. The number of nitrogens with one attached hydrogen (secondary N) is 1. The summed E-state index contributed by atoms with van der Waals surface area (Å²) in [7, 11) is 0. The molecule has 2 rings (SSSR count). The smallest absolute Gasteiger partial charge is 0.124 e. The fourth-order valence-electron chi connectivity index (χ4n) is 2.25. The van der Waals surface area contributed by atoms with Gasteiger partial charge in [0.05, 0.1) is 12.9 Å². The third kappa shape index (κ3) is 4.56. The highest BCUT2D eigenvalue weighted by Gasteiger charge is 2.12. The maximum Gasteiger partial charge on any atom is 0.124 e. The number of aromatic nitrogens is 2. The molecule has 5 heteroatoms. The van der Waals surface area contributed by atoms with Crippen LogP contribution in [0.1, 0.15) is 31.9 Å². The van der Waals surface area contributed by atoms with Crippen molar-refractivity contribution in [1.29, 1.82) is 0 Å². The molecule has 0 aliphatic rings. The van der Waals surface area contributed by atoms with Gasteiger partial charge in [-0.25, -0.2) is 9.37 Å². The number of rotatable bonds is 8. The highest BCUT2D eigenvalue weighted by molar-refractivity contribution is 5.36. The topological polar surface area (TPSA) is 39.1 Å². The van der Waals surface area contributed by atoms with E-state index in [1.165, 1.54) is 6.07 Å². The van der Waals surface area contributed by atoms with Crippen LogP contribution in [0.15, 0.2) is 36.9 Å². The Bertz CT molecular complexity index is 542. The van der Waals surface area contributed by atoms with Crippen LogP contribution in [0.25, 0.3) is 0 Å². The summed E-state index contributed by atoms with van der Waals surface area (Å²) in [5.41, 5.74) is 0.861. The fourth-order valence-corrected chi connectivity index (χ4v) is 2.25. The number of hydrogen-bond donors (Lipinski definition) is 1. The van der Waals surface area contributed by atoms with Gasteiger partial charge < -0.3 is 14.6 Å². The second kappa shape index (κ2) is 7.78. The van der Waals surface area contributed by atoms with Crippen molar-refractivity contribution in [2.24, 2.45) is 0 Å². The lowest BCUT2D eigenvalue weighted by Gasteiger charge is -2.18. The molecule has 1 aromatic carbocycles. The molecule has 0 bridgehead atoms. The summed E-state index contributed by atoms with van der Waals surface area (Å²) in [6.07, 6.45) is 6.35. The molecule has 21 heavy (non-hydrogen) atoms. The van der Waals surface area contributed by atoms with E-state index in [-0.39, 0.29) is 11.9 Å². The van der Waals surface area contributed by atoms with Crippen LogP contribution in [0.5, 0.6) is 5.75 Å². The van der Waals surface area contributed by atoms with Crippen molar-refractivity contribution in [3.8, 4) is 5.75 Å². The zero-order chi connectivity index (χ0) is 15.1. The van der Waals surface area contributed by atoms with Crippen molar-refractivity contribution in [2.75, 3.05) is 13.2 Å². The Morgan fingerprint density at radius 1 is 1.43 bits per heavy atom. The van der Waals surface area contributed by atoms with Gasteiger partial charge in [0, 0.05) is 30.5 Å². The molecule has 0 saturated carbocycles. The lowest BCUT2D eigenvalue weighted by atomic mass is 10.1. The Balaban J connectivity index is 1.92. The van der Waals surface area contributed by atoms with Gasteiger partial charge in [-0.3, -0.25) is 0 Å². The second-order valence-electron chi connectivity index (χ2n) is 4.96. The minimum absolute atomic E-state index is 0.0642. The fraction of sp³-hybridized carbons (Fsp3) is 0.438. The highest BCUT2D eigenvalue weighted by atomic mass is 19.1. The Morgan fingerprint density at radius 2 is 2.29 bits per heavy atom. The van der Waals surface area contributed by atoms with Gasteiger partial charge >= 0.3 is 0 Å². The van der Waals surface area contributed by atoms with E-state index >= 15 is 0 Å². The zero-order valence-electron chi connectivity index (χ0n) is 12.6. The molecule has 114 valence electrons. The van der Waals surface area contributed by atoms with E-state index in [2.05, 4.69) is 10.3 Å². The third-order valence-corrected chi connectivity index (χ3v) is 3.33. The maximum absolute atomic E-state index is 13.4. The standard InChI is InChI=1S/C16H22FN3O/c1-3-19-13(2)15-11-14(17)5-6-16(15)21-10-4-8-20-9-7-18-12-20/h5-7,9,11-13,19H,3-4,8,10H2,1-2H3. The first-order chi connectivity index (χ1) is 10.2. The van der Waals surface area contributed by atoms with Gasteiger partial charge in [0.1, 0.15) is 11.6 Å². The number of aryl methyl sites for hydroxylation is 1. The van der Waals surface area contributed by atoms with Gasteiger partial charge in [0.2, 0.25) is 0 Å². The molecule has 1 atom stereocenters. The van der Waals surface area contributed by atoms with Crippen LogP contribution in [0, 0.1) is 5.82 Å². The minimum atomic E-state index is -0.236. The molecule has 0 aliphatic carbocycles. The summed E-state index contributed by atoms with van der Waals surface area (Å²) in [6.45, 7) is 6.32. The van der Waals surface area contributed by atoms with Crippen molar-refractivity contribution < 1.29 is 9.13 Å². The molecule has 0 saturated heterocycles. The van der Waals surface area contributed by atoms with Crippen molar-refractivity contribution in [3.63, 3.8) is 0 Å². The van der Waals surface area contributed by atoms with Gasteiger partial charge in [0.25, 0.3) is 0 Å². The number of halogens is 1. The number of hydrogen-bond acceptors (Lipinski definition) is 3. The average Bonchev–Trinajstić information content (AvgIpc) is 2.98. The van der Waals surface area contributed by atoms with Crippen LogP contribution < -0.4 is 10.1 Å². The molecule has 0 spiro atoms. The first kappa shape index (κ1) is 15.5. The van der Waals surface area contributed by atoms with E-state index in [9.17, 15) is 4.39 Å². The number of nitrogens with zero attached hydrogens (tertiary/aromatic N) is 2. The number of ether oxygens (including phenoxy) is 1. The first-order valence-corrected chi connectivity index (χ1v) is 7.32. The van der Waals surface area contributed by atoms with Crippen LogP contribution >= 0.6 is 0 Å². The summed E-state index contributed by atoms with van der Waals surface area (Å²) in [4.78, 5) is 4.00. The molecule has 0 amide bonds. The summed E-state index contributed by atoms with van der Waals surface area (Å²) in [5.74, 6) is 0.510. The van der Waals surface area contributed by atoms with Gasteiger partial charge in [-0.05, 0) is 38.1 Å². The lowest BCUT2D eigenvalue weighted by Crippen LogP contribution is -2.19. The number of benzene rings is 1. The molecule has 0 aliphatic heterocycles. The summed E-state index contributed by atoms with van der Waals surface area (Å²) < 4.78 is 21.3. The van der Waals surface area contributed by atoms with Crippen LogP contribution in [-0.4, -0.2) is 22.7 Å². The lowest BCUT2D eigenvalue weighted by molar-refractivity contribution is 0.295. The minimum Gasteiger partial charge on any atom is -0.493 e. The van der Waals surface area contributed by atoms with Crippen molar-refractivity contribution in [3.05, 3.63) is 48.3 Å². The van der Waals surface area contributed by atoms with Gasteiger partial charge in [0.15, 0.2) is 0 Å². The zero-order valence-corrected chi connectivity index (χ0v) is 12.6. The molecule has 0 radical (unpaired) electrons. The molecule has 4 nitrogen and oxygen atoms in total. The SMILES string of the molecule is CCNC(C)c1cc(F)ccc1OCCCn1ccnc1. The van der Waals surface area contributed by atoms with Crippen molar-refractivity contribution in [2.45, 2.75) is 32.9 Å².